The van der Waals surface area contributed by atoms with Crippen molar-refractivity contribution in [2.75, 3.05) is 19.9 Å². The Bertz CT molecular complexity index is 358. The zero-order valence-electron chi connectivity index (χ0n) is 9.52. The molecule has 1 amide bonds. The van der Waals surface area contributed by atoms with Crippen LogP contribution in [0.2, 0.25) is 0 Å². The molecule has 0 aliphatic rings. The van der Waals surface area contributed by atoms with E-state index < -0.39 is 0 Å². The number of hydroxylamine groups is 2. The second kappa shape index (κ2) is 4.35. The molecule has 5 nitrogen and oxygen atoms in total. The predicted molar refractivity (Wildman–Crippen MR) is 58.3 cm³/mol. The van der Waals surface area contributed by atoms with Crippen LogP contribution in [0.25, 0.3) is 0 Å². The van der Waals surface area contributed by atoms with E-state index in [4.69, 9.17) is 10.6 Å². The molecular weight excluding hydrogens is 194 g/mol. The average Bonchev–Trinajstić information content (AvgIpc) is 2.58. The van der Waals surface area contributed by atoms with Gasteiger partial charge in [0.25, 0.3) is 5.91 Å². The van der Waals surface area contributed by atoms with Gasteiger partial charge in [0.1, 0.15) is 5.69 Å². The molecule has 0 aliphatic heterocycles. The number of nitrogens with two attached hydrogens (primary N) is 1. The Morgan fingerprint density at radius 3 is 2.67 bits per heavy atom. The number of carbonyl (C=O) groups excluding carboxylic acids is 1. The van der Waals surface area contributed by atoms with Crippen molar-refractivity contribution < 1.29 is 9.63 Å². The molecule has 2 N–H and O–H groups in total. The maximum absolute atomic E-state index is 11.8. The minimum absolute atomic E-state index is 0.187. The van der Waals surface area contributed by atoms with E-state index in [1.54, 1.807) is 19.3 Å². The Labute approximate surface area is 89.4 Å². The lowest BCUT2D eigenvalue weighted by Gasteiger charge is -2.17. The highest BCUT2D eigenvalue weighted by Gasteiger charge is 2.18. The van der Waals surface area contributed by atoms with Crippen molar-refractivity contribution >= 4 is 11.6 Å². The van der Waals surface area contributed by atoms with Crippen molar-refractivity contribution in [1.82, 2.24) is 9.63 Å². The fraction of sp³-hybridized carbons (Fsp3) is 0.500. The molecule has 0 radical (unpaired) electrons. The normalized spacial score (nSPS) is 10.7. The summed E-state index contributed by atoms with van der Waals surface area (Å²) >= 11 is 0. The second-order valence-corrected chi connectivity index (χ2v) is 3.64. The van der Waals surface area contributed by atoms with Crippen LogP contribution >= 0.6 is 0 Å². The van der Waals surface area contributed by atoms with Crippen LogP contribution in [0.3, 0.4) is 0 Å². The third-order valence-electron chi connectivity index (χ3n) is 2.21. The van der Waals surface area contributed by atoms with Gasteiger partial charge in [-0.1, -0.05) is 0 Å². The molecule has 1 rings (SSSR count). The summed E-state index contributed by atoms with van der Waals surface area (Å²) in [6.45, 7) is 3.98. The fourth-order valence-corrected chi connectivity index (χ4v) is 1.34. The van der Waals surface area contributed by atoms with Gasteiger partial charge in [-0.25, -0.2) is 5.06 Å². The van der Waals surface area contributed by atoms with Gasteiger partial charge in [0.15, 0.2) is 0 Å². The Morgan fingerprint density at radius 2 is 2.20 bits per heavy atom. The van der Waals surface area contributed by atoms with Crippen molar-refractivity contribution in [3.05, 3.63) is 18.0 Å². The number of aromatic nitrogens is 1. The highest BCUT2D eigenvalue weighted by molar-refractivity contribution is 5.93. The lowest BCUT2D eigenvalue weighted by molar-refractivity contribution is -0.0763. The molecule has 1 aromatic heterocycles. The molecule has 15 heavy (non-hydrogen) atoms. The van der Waals surface area contributed by atoms with Crippen LogP contribution in [0.1, 0.15) is 30.4 Å². The third kappa shape index (κ3) is 2.30. The van der Waals surface area contributed by atoms with Gasteiger partial charge >= 0.3 is 0 Å². The minimum Gasteiger partial charge on any atom is -0.397 e. The Balaban J connectivity index is 3.07. The molecule has 0 atom stereocenters. The van der Waals surface area contributed by atoms with Crippen LogP contribution in [0.15, 0.2) is 12.3 Å². The van der Waals surface area contributed by atoms with E-state index in [-0.39, 0.29) is 11.9 Å². The number of hydrogen-bond donors (Lipinski definition) is 1. The molecule has 1 heterocycles. The SMILES string of the molecule is CON(C)C(=O)c1cc(N)cn1C(C)C. The van der Waals surface area contributed by atoms with Gasteiger partial charge in [-0.15, -0.1) is 0 Å². The maximum atomic E-state index is 11.8. The number of carbonyl (C=O) groups is 1. The molecule has 0 saturated carbocycles. The summed E-state index contributed by atoms with van der Waals surface area (Å²) in [5.74, 6) is -0.206. The van der Waals surface area contributed by atoms with Crippen LogP contribution in [0.4, 0.5) is 5.69 Å². The summed E-state index contributed by atoms with van der Waals surface area (Å²) in [4.78, 5) is 16.7. The summed E-state index contributed by atoms with van der Waals surface area (Å²) in [7, 11) is 3.01. The highest BCUT2D eigenvalue weighted by atomic mass is 16.7. The van der Waals surface area contributed by atoms with E-state index in [1.165, 1.54) is 12.2 Å². The molecular formula is C10H17N3O2. The van der Waals surface area contributed by atoms with Gasteiger partial charge in [-0.05, 0) is 19.9 Å². The molecule has 0 bridgehead atoms. The number of hydrogen-bond acceptors (Lipinski definition) is 3. The van der Waals surface area contributed by atoms with Crippen LogP contribution in [-0.4, -0.2) is 29.7 Å². The summed E-state index contributed by atoms with van der Waals surface area (Å²) in [5, 5.41) is 1.17. The van der Waals surface area contributed by atoms with Crippen LogP contribution in [-0.2, 0) is 4.84 Å². The van der Waals surface area contributed by atoms with Gasteiger partial charge in [-0.3, -0.25) is 9.63 Å². The highest BCUT2D eigenvalue weighted by Crippen LogP contribution is 2.17. The van der Waals surface area contributed by atoms with E-state index in [2.05, 4.69) is 0 Å². The zero-order valence-corrected chi connectivity index (χ0v) is 9.52. The van der Waals surface area contributed by atoms with Crippen molar-refractivity contribution in [2.24, 2.45) is 0 Å². The van der Waals surface area contributed by atoms with Crippen molar-refractivity contribution in [3.63, 3.8) is 0 Å². The molecule has 1 aromatic rings. The van der Waals surface area contributed by atoms with E-state index in [0.717, 1.165) is 0 Å². The number of anilines is 1. The molecule has 0 fully saturated rings. The maximum Gasteiger partial charge on any atom is 0.293 e. The van der Waals surface area contributed by atoms with Crippen LogP contribution in [0.5, 0.6) is 0 Å². The van der Waals surface area contributed by atoms with Crippen molar-refractivity contribution in [1.29, 1.82) is 0 Å². The van der Waals surface area contributed by atoms with Gasteiger partial charge in [0.2, 0.25) is 0 Å². The first-order chi connectivity index (χ1) is 6.97. The monoisotopic (exact) mass is 211 g/mol. The smallest absolute Gasteiger partial charge is 0.293 e. The largest absolute Gasteiger partial charge is 0.397 e. The number of rotatable bonds is 3. The fourth-order valence-electron chi connectivity index (χ4n) is 1.34. The van der Waals surface area contributed by atoms with Gasteiger partial charge in [-0.2, -0.15) is 0 Å². The number of nitrogens with zero attached hydrogens (tertiary/aromatic N) is 2. The summed E-state index contributed by atoms with van der Waals surface area (Å²) in [6, 6.07) is 1.84. The topological polar surface area (TPSA) is 60.5 Å². The average molecular weight is 211 g/mol. The quantitative estimate of drug-likeness (QED) is 0.766. The summed E-state index contributed by atoms with van der Waals surface area (Å²) in [5.41, 5.74) is 6.78. The van der Waals surface area contributed by atoms with Crippen molar-refractivity contribution in [3.8, 4) is 0 Å². The molecule has 0 aliphatic carbocycles. The zero-order chi connectivity index (χ0) is 11.6. The molecule has 5 heteroatoms. The summed E-state index contributed by atoms with van der Waals surface area (Å²) < 4.78 is 1.83. The molecule has 0 unspecified atom stereocenters. The van der Waals surface area contributed by atoms with E-state index in [0.29, 0.717) is 11.4 Å². The predicted octanol–water partition coefficient (Wildman–Crippen LogP) is 1.28. The van der Waals surface area contributed by atoms with E-state index in [9.17, 15) is 4.79 Å². The standard InChI is InChI=1S/C10H17N3O2/c1-7(2)13-6-8(11)5-9(13)10(14)12(3)15-4/h5-7H,11H2,1-4H3. The Morgan fingerprint density at radius 1 is 1.60 bits per heavy atom. The first-order valence-electron chi connectivity index (χ1n) is 4.77. The Hall–Kier alpha value is -1.49. The first-order valence-corrected chi connectivity index (χ1v) is 4.77. The number of amides is 1. The van der Waals surface area contributed by atoms with Gasteiger partial charge < -0.3 is 10.3 Å². The van der Waals surface area contributed by atoms with Crippen LogP contribution < -0.4 is 5.73 Å². The first kappa shape index (κ1) is 11.6. The minimum atomic E-state index is -0.206. The molecule has 0 spiro atoms. The number of nitrogen functional groups attached to an aromatic ring is 1. The molecule has 0 saturated heterocycles. The van der Waals surface area contributed by atoms with Crippen molar-refractivity contribution in [2.45, 2.75) is 19.9 Å². The third-order valence-corrected chi connectivity index (χ3v) is 2.21. The lowest BCUT2D eigenvalue weighted by Crippen LogP contribution is -2.27. The van der Waals surface area contributed by atoms with Gasteiger partial charge in [0.05, 0.1) is 12.8 Å². The summed E-state index contributed by atoms with van der Waals surface area (Å²) in [6.07, 6.45) is 1.75. The van der Waals surface area contributed by atoms with E-state index in [1.807, 2.05) is 18.4 Å². The van der Waals surface area contributed by atoms with Gasteiger partial charge in [0, 0.05) is 19.3 Å². The van der Waals surface area contributed by atoms with E-state index >= 15 is 0 Å². The second-order valence-electron chi connectivity index (χ2n) is 3.64. The molecule has 84 valence electrons. The lowest BCUT2D eigenvalue weighted by atomic mass is 10.3. The van der Waals surface area contributed by atoms with Crippen LogP contribution in [0, 0.1) is 0 Å². The molecule has 0 aromatic carbocycles. The Kier molecular flexibility index (Phi) is 3.36.